The number of nitrogens with zero attached hydrogens (tertiary/aromatic N) is 1. The SMILES string of the molecule is CN(C)Cc1ccccc1NCc1ccc(Br)cc1F. The Morgan fingerprint density at radius 2 is 1.85 bits per heavy atom. The molecule has 0 fully saturated rings. The maximum Gasteiger partial charge on any atom is 0.129 e. The molecule has 0 aromatic heterocycles. The average Bonchev–Trinajstić information content (AvgIpc) is 2.39. The molecule has 0 heterocycles. The van der Waals surface area contributed by atoms with Gasteiger partial charge < -0.3 is 10.2 Å². The molecule has 2 rings (SSSR count). The van der Waals surface area contributed by atoms with Gasteiger partial charge in [0.1, 0.15) is 5.82 Å². The highest BCUT2D eigenvalue weighted by Gasteiger charge is 2.05. The summed E-state index contributed by atoms with van der Waals surface area (Å²) in [5.74, 6) is -0.197. The van der Waals surface area contributed by atoms with Gasteiger partial charge in [-0.05, 0) is 37.9 Å². The molecule has 2 aromatic rings. The van der Waals surface area contributed by atoms with Gasteiger partial charge in [0.15, 0.2) is 0 Å². The highest BCUT2D eigenvalue weighted by molar-refractivity contribution is 9.10. The monoisotopic (exact) mass is 336 g/mol. The summed E-state index contributed by atoms with van der Waals surface area (Å²) >= 11 is 3.27. The number of para-hydroxylation sites is 1. The first-order chi connectivity index (χ1) is 9.56. The van der Waals surface area contributed by atoms with Crippen molar-refractivity contribution in [1.29, 1.82) is 0 Å². The third-order valence-corrected chi connectivity index (χ3v) is 3.48. The summed E-state index contributed by atoms with van der Waals surface area (Å²) in [5, 5.41) is 3.31. The Morgan fingerprint density at radius 3 is 2.55 bits per heavy atom. The van der Waals surface area contributed by atoms with Crippen molar-refractivity contribution in [1.82, 2.24) is 4.90 Å². The smallest absolute Gasteiger partial charge is 0.129 e. The summed E-state index contributed by atoms with van der Waals surface area (Å²) in [5.41, 5.74) is 2.91. The maximum atomic E-state index is 13.8. The number of halogens is 2. The van der Waals surface area contributed by atoms with Crippen molar-refractivity contribution >= 4 is 21.6 Å². The minimum atomic E-state index is -0.197. The molecule has 20 heavy (non-hydrogen) atoms. The van der Waals surface area contributed by atoms with Gasteiger partial charge in [-0.3, -0.25) is 0 Å². The third-order valence-electron chi connectivity index (χ3n) is 2.99. The van der Waals surface area contributed by atoms with Crippen molar-refractivity contribution in [3.05, 3.63) is 63.9 Å². The quantitative estimate of drug-likeness (QED) is 0.877. The number of anilines is 1. The fraction of sp³-hybridized carbons (Fsp3) is 0.250. The Balaban J connectivity index is 2.10. The minimum absolute atomic E-state index is 0.197. The molecule has 2 aromatic carbocycles. The average molecular weight is 337 g/mol. The van der Waals surface area contributed by atoms with Gasteiger partial charge in [-0.15, -0.1) is 0 Å². The lowest BCUT2D eigenvalue weighted by Gasteiger charge is -2.15. The van der Waals surface area contributed by atoms with Crippen LogP contribution in [0.25, 0.3) is 0 Å². The van der Waals surface area contributed by atoms with E-state index < -0.39 is 0 Å². The molecule has 106 valence electrons. The Hall–Kier alpha value is -1.39. The van der Waals surface area contributed by atoms with Crippen LogP contribution in [0.3, 0.4) is 0 Å². The molecule has 0 unspecified atom stereocenters. The molecule has 0 saturated carbocycles. The van der Waals surface area contributed by atoms with Crippen LogP contribution in [0.5, 0.6) is 0 Å². The lowest BCUT2D eigenvalue weighted by molar-refractivity contribution is 0.403. The lowest BCUT2D eigenvalue weighted by Crippen LogP contribution is -2.13. The maximum absolute atomic E-state index is 13.8. The number of nitrogens with one attached hydrogen (secondary N) is 1. The predicted octanol–water partition coefficient (Wildman–Crippen LogP) is 4.26. The van der Waals surface area contributed by atoms with Crippen molar-refractivity contribution < 1.29 is 4.39 Å². The van der Waals surface area contributed by atoms with E-state index in [1.807, 2.05) is 38.4 Å². The highest BCUT2D eigenvalue weighted by atomic mass is 79.9. The van der Waals surface area contributed by atoms with Crippen molar-refractivity contribution in [2.45, 2.75) is 13.1 Å². The number of rotatable bonds is 5. The molecule has 1 N–H and O–H groups in total. The molecule has 4 heteroatoms. The molecule has 0 aliphatic rings. The number of hydrogen-bond donors (Lipinski definition) is 1. The van der Waals surface area contributed by atoms with E-state index in [4.69, 9.17) is 0 Å². The van der Waals surface area contributed by atoms with Crippen molar-refractivity contribution in [2.24, 2.45) is 0 Å². The van der Waals surface area contributed by atoms with E-state index in [-0.39, 0.29) is 5.82 Å². The van der Waals surface area contributed by atoms with Crippen LogP contribution in [0.2, 0.25) is 0 Å². The van der Waals surface area contributed by atoms with Gasteiger partial charge in [0, 0.05) is 28.8 Å². The second-order valence-corrected chi connectivity index (χ2v) is 5.90. The summed E-state index contributed by atoms with van der Waals surface area (Å²) in [6.07, 6.45) is 0. The van der Waals surface area contributed by atoms with Crippen LogP contribution >= 0.6 is 15.9 Å². The Kier molecular flexibility index (Phi) is 5.15. The molecule has 0 atom stereocenters. The first-order valence-electron chi connectivity index (χ1n) is 6.46. The van der Waals surface area contributed by atoms with Crippen molar-refractivity contribution in [2.75, 3.05) is 19.4 Å². The molecule has 0 aliphatic heterocycles. The zero-order valence-electron chi connectivity index (χ0n) is 11.7. The zero-order valence-corrected chi connectivity index (χ0v) is 13.2. The van der Waals surface area contributed by atoms with E-state index in [1.54, 1.807) is 6.07 Å². The fourth-order valence-electron chi connectivity index (χ4n) is 2.03. The first kappa shape index (κ1) is 15.0. The van der Waals surface area contributed by atoms with Crippen LogP contribution < -0.4 is 5.32 Å². The second-order valence-electron chi connectivity index (χ2n) is 4.98. The van der Waals surface area contributed by atoms with Gasteiger partial charge in [-0.2, -0.15) is 0 Å². The molecule has 0 spiro atoms. The van der Waals surface area contributed by atoms with E-state index in [0.29, 0.717) is 12.1 Å². The number of benzene rings is 2. The summed E-state index contributed by atoms with van der Waals surface area (Å²) in [6.45, 7) is 1.33. The highest BCUT2D eigenvalue weighted by Crippen LogP contribution is 2.20. The van der Waals surface area contributed by atoms with Gasteiger partial charge in [0.05, 0.1) is 0 Å². The van der Waals surface area contributed by atoms with Crippen LogP contribution in [0.15, 0.2) is 46.9 Å². The van der Waals surface area contributed by atoms with Crippen LogP contribution in [0.4, 0.5) is 10.1 Å². The van der Waals surface area contributed by atoms with E-state index >= 15 is 0 Å². The van der Waals surface area contributed by atoms with Crippen molar-refractivity contribution in [3.63, 3.8) is 0 Å². The van der Waals surface area contributed by atoms with Crippen molar-refractivity contribution in [3.8, 4) is 0 Å². The summed E-state index contributed by atoms with van der Waals surface area (Å²) < 4.78 is 14.5. The summed E-state index contributed by atoms with van der Waals surface area (Å²) in [6, 6.07) is 13.2. The fourth-order valence-corrected chi connectivity index (χ4v) is 2.36. The van der Waals surface area contributed by atoms with Crippen LogP contribution in [-0.4, -0.2) is 19.0 Å². The first-order valence-corrected chi connectivity index (χ1v) is 7.26. The zero-order chi connectivity index (χ0) is 14.5. The van der Waals surface area contributed by atoms with E-state index in [9.17, 15) is 4.39 Å². The van der Waals surface area contributed by atoms with E-state index in [0.717, 1.165) is 16.7 Å². The van der Waals surface area contributed by atoms with E-state index in [2.05, 4.69) is 32.2 Å². The van der Waals surface area contributed by atoms with E-state index in [1.165, 1.54) is 11.6 Å². The summed E-state index contributed by atoms with van der Waals surface area (Å²) in [7, 11) is 4.07. The third kappa shape index (κ3) is 4.05. The molecule has 0 saturated heterocycles. The molecular formula is C16H18BrFN2. The molecule has 0 aliphatic carbocycles. The lowest BCUT2D eigenvalue weighted by atomic mass is 10.1. The normalized spacial score (nSPS) is 10.8. The number of hydrogen-bond acceptors (Lipinski definition) is 2. The minimum Gasteiger partial charge on any atom is -0.381 e. The predicted molar refractivity (Wildman–Crippen MR) is 85.3 cm³/mol. The largest absolute Gasteiger partial charge is 0.381 e. The summed E-state index contributed by atoms with van der Waals surface area (Å²) in [4.78, 5) is 2.11. The topological polar surface area (TPSA) is 15.3 Å². The second kappa shape index (κ2) is 6.86. The molecule has 0 amide bonds. The van der Waals surface area contributed by atoms with Gasteiger partial charge in [0.2, 0.25) is 0 Å². The molecular weight excluding hydrogens is 319 g/mol. The van der Waals surface area contributed by atoms with Crippen LogP contribution in [0.1, 0.15) is 11.1 Å². The van der Waals surface area contributed by atoms with Gasteiger partial charge in [-0.25, -0.2) is 4.39 Å². The molecule has 0 bridgehead atoms. The standard InChI is InChI=1S/C16H18BrFN2/c1-20(2)11-13-5-3-4-6-16(13)19-10-12-7-8-14(17)9-15(12)18/h3-9,19H,10-11H2,1-2H3. The van der Waals surface area contributed by atoms with Crippen LogP contribution in [-0.2, 0) is 13.1 Å². The van der Waals surface area contributed by atoms with Crippen LogP contribution in [0, 0.1) is 5.82 Å². The molecule has 2 nitrogen and oxygen atoms in total. The Morgan fingerprint density at radius 1 is 1.10 bits per heavy atom. The Labute approximate surface area is 127 Å². The molecule has 0 radical (unpaired) electrons. The van der Waals surface area contributed by atoms with Gasteiger partial charge in [-0.1, -0.05) is 40.2 Å². The Bertz CT molecular complexity index is 584. The van der Waals surface area contributed by atoms with Gasteiger partial charge >= 0.3 is 0 Å². The van der Waals surface area contributed by atoms with Gasteiger partial charge in [0.25, 0.3) is 0 Å².